The average Bonchev–Trinajstić information content (AvgIpc) is 3.03. The van der Waals surface area contributed by atoms with Gasteiger partial charge in [0.2, 0.25) is 0 Å². The Kier molecular flexibility index (Phi) is 4.67. The van der Waals surface area contributed by atoms with E-state index >= 15 is 0 Å². The van der Waals surface area contributed by atoms with Gasteiger partial charge in [0, 0.05) is 26.2 Å². The summed E-state index contributed by atoms with van der Waals surface area (Å²) in [5.41, 5.74) is 0.948. The number of nitrogens with zero attached hydrogens (tertiary/aromatic N) is 4. The van der Waals surface area contributed by atoms with Gasteiger partial charge in [-0.05, 0) is 12.5 Å². The third-order valence-corrected chi connectivity index (χ3v) is 3.75. The van der Waals surface area contributed by atoms with Crippen molar-refractivity contribution >= 4 is 17.8 Å². The number of carboxylic acids is 2. The number of aromatic nitrogens is 4. The molecular weight excluding hydrogens is 318 g/mol. The maximum Gasteiger partial charge on any atom is 0.339 e. The molecule has 24 heavy (non-hydrogen) atoms. The molecule has 0 saturated carbocycles. The second-order valence-corrected chi connectivity index (χ2v) is 5.28. The number of hydrogen-bond acceptors (Lipinski definition) is 5. The van der Waals surface area contributed by atoms with Crippen molar-refractivity contribution in [2.45, 2.75) is 19.4 Å². The summed E-state index contributed by atoms with van der Waals surface area (Å²) in [6, 6.07) is -1.23. The third-order valence-electron chi connectivity index (χ3n) is 3.75. The molecule has 10 nitrogen and oxygen atoms in total. The van der Waals surface area contributed by atoms with Crippen LogP contribution in [0.2, 0.25) is 0 Å². The van der Waals surface area contributed by atoms with Gasteiger partial charge in [-0.15, -0.1) is 0 Å². The first-order valence-electron chi connectivity index (χ1n) is 6.98. The molecule has 0 bridgehead atoms. The van der Waals surface area contributed by atoms with Crippen molar-refractivity contribution in [3.63, 3.8) is 0 Å². The topological polar surface area (TPSA) is 139 Å². The fraction of sp³-hybridized carbons (Fsp3) is 0.357. The summed E-state index contributed by atoms with van der Waals surface area (Å²) < 4.78 is 2.69. The number of aromatic carboxylic acids is 1. The van der Waals surface area contributed by atoms with E-state index in [1.54, 1.807) is 18.7 Å². The first-order valence-corrected chi connectivity index (χ1v) is 6.98. The minimum atomic E-state index is -1.32. The van der Waals surface area contributed by atoms with Crippen LogP contribution in [0.15, 0.2) is 12.4 Å². The Bertz CT molecular complexity index is 807. The van der Waals surface area contributed by atoms with Gasteiger partial charge in [-0.2, -0.15) is 10.2 Å². The minimum Gasteiger partial charge on any atom is -0.480 e. The van der Waals surface area contributed by atoms with Crippen molar-refractivity contribution < 1.29 is 24.6 Å². The highest BCUT2D eigenvalue weighted by Gasteiger charge is 2.27. The zero-order chi connectivity index (χ0) is 18.0. The van der Waals surface area contributed by atoms with E-state index < -0.39 is 23.9 Å². The lowest BCUT2D eigenvalue weighted by atomic mass is 10.1. The van der Waals surface area contributed by atoms with E-state index in [0.717, 1.165) is 16.6 Å². The zero-order valence-electron chi connectivity index (χ0n) is 13.3. The molecule has 0 aromatic carbocycles. The van der Waals surface area contributed by atoms with Gasteiger partial charge in [-0.25, -0.2) is 9.59 Å². The normalized spacial score (nSPS) is 12.0. The molecule has 1 atom stereocenters. The molecule has 0 fully saturated rings. The van der Waals surface area contributed by atoms with Crippen molar-refractivity contribution in [2.75, 3.05) is 0 Å². The maximum atomic E-state index is 12.3. The van der Waals surface area contributed by atoms with Gasteiger partial charge in [0.05, 0.1) is 12.4 Å². The van der Waals surface area contributed by atoms with Crippen molar-refractivity contribution in [2.24, 2.45) is 14.1 Å². The van der Waals surface area contributed by atoms with Crippen LogP contribution in [-0.2, 0) is 25.3 Å². The van der Waals surface area contributed by atoms with E-state index in [-0.39, 0.29) is 17.7 Å². The van der Waals surface area contributed by atoms with Crippen LogP contribution in [0, 0.1) is 6.92 Å². The van der Waals surface area contributed by atoms with Crippen LogP contribution in [0.3, 0.4) is 0 Å². The van der Waals surface area contributed by atoms with E-state index in [2.05, 4.69) is 15.5 Å². The Labute approximate surface area is 136 Å². The number of carbonyl (C=O) groups is 3. The van der Waals surface area contributed by atoms with Crippen molar-refractivity contribution in [1.29, 1.82) is 0 Å². The van der Waals surface area contributed by atoms with Gasteiger partial charge >= 0.3 is 11.9 Å². The van der Waals surface area contributed by atoms with Crippen LogP contribution < -0.4 is 5.32 Å². The molecule has 2 rings (SSSR count). The van der Waals surface area contributed by atoms with Crippen molar-refractivity contribution in [3.8, 4) is 0 Å². The molecule has 0 aliphatic rings. The van der Waals surface area contributed by atoms with E-state index in [9.17, 15) is 19.5 Å². The summed E-state index contributed by atoms with van der Waals surface area (Å²) in [5.74, 6) is -3.37. The molecule has 128 valence electrons. The molecule has 10 heteroatoms. The molecule has 1 unspecified atom stereocenters. The van der Waals surface area contributed by atoms with Crippen LogP contribution in [0.4, 0.5) is 0 Å². The van der Waals surface area contributed by atoms with Crippen molar-refractivity contribution in [1.82, 2.24) is 24.9 Å². The highest BCUT2D eigenvalue weighted by Crippen LogP contribution is 2.11. The Morgan fingerprint density at radius 2 is 1.79 bits per heavy atom. The zero-order valence-corrected chi connectivity index (χ0v) is 13.3. The second kappa shape index (κ2) is 6.52. The number of hydrogen-bond donors (Lipinski definition) is 3. The molecule has 0 aliphatic heterocycles. The van der Waals surface area contributed by atoms with Crippen molar-refractivity contribution in [3.05, 3.63) is 34.9 Å². The van der Waals surface area contributed by atoms with Crippen LogP contribution in [0.5, 0.6) is 0 Å². The predicted octanol–water partition coefficient (Wildman–Crippen LogP) is -0.414. The monoisotopic (exact) mass is 335 g/mol. The predicted molar refractivity (Wildman–Crippen MR) is 80.7 cm³/mol. The summed E-state index contributed by atoms with van der Waals surface area (Å²) in [6.45, 7) is 1.78. The fourth-order valence-electron chi connectivity index (χ4n) is 2.25. The molecule has 0 spiro atoms. The molecule has 2 heterocycles. The summed E-state index contributed by atoms with van der Waals surface area (Å²) in [7, 11) is 3.13. The maximum absolute atomic E-state index is 12.3. The molecule has 0 aliphatic carbocycles. The Morgan fingerprint density at radius 1 is 1.17 bits per heavy atom. The molecule has 2 aromatic heterocycles. The molecule has 0 radical (unpaired) electrons. The molecule has 0 saturated heterocycles. The quantitative estimate of drug-likeness (QED) is 0.651. The van der Waals surface area contributed by atoms with Crippen LogP contribution in [-0.4, -0.2) is 53.7 Å². The number of aliphatic carboxylic acids is 1. The Morgan fingerprint density at radius 3 is 2.29 bits per heavy atom. The van der Waals surface area contributed by atoms with Crippen LogP contribution in [0.25, 0.3) is 0 Å². The number of carboxylic acid groups (broad SMARTS) is 2. The highest BCUT2D eigenvalue weighted by atomic mass is 16.4. The van der Waals surface area contributed by atoms with E-state index in [4.69, 9.17) is 5.11 Å². The van der Waals surface area contributed by atoms with Gasteiger partial charge < -0.3 is 15.5 Å². The van der Waals surface area contributed by atoms with E-state index in [1.807, 2.05) is 0 Å². The number of rotatable bonds is 6. The lowest BCUT2D eigenvalue weighted by molar-refractivity contribution is -0.139. The number of aryl methyl sites for hydroxylation is 2. The van der Waals surface area contributed by atoms with Gasteiger partial charge in [-0.3, -0.25) is 14.2 Å². The van der Waals surface area contributed by atoms with Crippen LogP contribution in [0.1, 0.15) is 32.1 Å². The summed E-state index contributed by atoms with van der Waals surface area (Å²) >= 11 is 0. The standard InChI is InChI=1S/C14H17N5O5/c1-7-8(5-15-18(7)2)4-10(14(23)24)17-12(20)11-9(13(21)22)6-16-19(11)3/h5-6,10H,4H2,1-3H3,(H,17,20)(H,21,22)(H,23,24). The molecule has 1 amide bonds. The largest absolute Gasteiger partial charge is 0.480 e. The van der Waals surface area contributed by atoms with E-state index in [0.29, 0.717) is 5.56 Å². The number of amides is 1. The first-order chi connectivity index (χ1) is 11.2. The lowest BCUT2D eigenvalue weighted by Gasteiger charge is -2.15. The number of nitrogens with one attached hydrogen (secondary N) is 1. The lowest BCUT2D eigenvalue weighted by Crippen LogP contribution is -2.43. The highest BCUT2D eigenvalue weighted by molar-refractivity contribution is 6.04. The number of carbonyl (C=O) groups excluding carboxylic acids is 1. The summed E-state index contributed by atoms with van der Waals surface area (Å²) in [4.78, 5) is 34.9. The first kappa shape index (κ1) is 17.2. The molecular formula is C14H17N5O5. The molecule has 3 N–H and O–H groups in total. The molecule has 2 aromatic rings. The second-order valence-electron chi connectivity index (χ2n) is 5.28. The SMILES string of the molecule is Cc1c(CC(NC(=O)c2c(C(=O)O)cnn2C)C(=O)O)cnn1C. The van der Waals surface area contributed by atoms with E-state index in [1.165, 1.54) is 13.2 Å². The van der Waals surface area contributed by atoms with Gasteiger partial charge in [0.1, 0.15) is 17.3 Å². The van der Waals surface area contributed by atoms with Gasteiger partial charge in [0.25, 0.3) is 5.91 Å². The van der Waals surface area contributed by atoms with Gasteiger partial charge in [-0.1, -0.05) is 0 Å². The fourth-order valence-corrected chi connectivity index (χ4v) is 2.25. The summed E-state index contributed by atoms with van der Waals surface area (Å²) in [6.07, 6.45) is 2.60. The smallest absolute Gasteiger partial charge is 0.339 e. The van der Waals surface area contributed by atoms with Crippen LogP contribution >= 0.6 is 0 Å². The third kappa shape index (κ3) is 3.26. The minimum absolute atomic E-state index is 0.0288. The Balaban J connectivity index is 2.24. The summed E-state index contributed by atoms with van der Waals surface area (Å²) in [5, 5.41) is 28.5. The van der Waals surface area contributed by atoms with Gasteiger partial charge in [0.15, 0.2) is 0 Å². The Hall–Kier alpha value is -3.17. The average molecular weight is 335 g/mol.